The first-order valence-corrected chi connectivity index (χ1v) is 8.87. The summed E-state index contributed by atoms with van der Waals surface area (Å²) in [6.07, 6.45) is 4.28. The van der Waals surface area contributed by atoms with Gasteiger partial charge in [-0.1, -0.05) is 57.2 Å². The van der Waals surface area contributed by atoms with Gasteiger partial charge in [0.2, 0.25) is 0 Å². The van der Waals surface area contributed by atoms with E-state index in [1.807, 2.05) is 0 Å². The fraction of sp³-hybridized carbons (Fsp3) is 0.190. The Balaban J connectivity index is 2.07. The fourth-order valence-electron chi connectivity index (χ4n) is 3.27. The molecule has 0 fully saturated rings. The van der Waals surface area contributed by atoms with Crippen LogP contribution in [0.1, 0.15) is 26.3 Å². The average Bonchev–Trinajstić information content (AvgIpc) is 2.52. The molecular weight excluding hydrogens is 393 g/mol. The van der Waals surface area contributed by atoms with Gasteiger partial charge in [-0.3, -0.25) is 0 Å². The highest BCUT2D eigenvalue weighted by Gasteiger charge is 2.14. The van der Waals surface area contributed by atoms with Crippen LogP contribution in [0.2, 0.25) is 0 Å². The highest BCUT2D eigenvalue weighted by Crippen LogP contribution is 2.33. The highest BCUT2D eigenvalue weighted by atomic mass is 127. The molecule has 2 heteroatoms. The maximum atomic E-state index is 2.34. The number of aromatic nitrogens is 1. The van der Waals surface area contributed by atoms with Gasteiger partial charge in [-0.15, -0.1) is 2.78 Å². The van der Waals surface area contributed by atoms with E-state index in [1.54, 1.807) is 0 Å². The Morgan fingerprint density at radius 1 is 0.739 bits per heavy atom. The summed E-state index contributed by atoms with van der Waals surface area (Å²) in [7, 11) is 0. The van der Waals surface area contributed by atoms with Crippen LogP contribution in [-0.4, -0.2) is 0 Å². The van der Waals surface area contributed by atoms with Gasteiger partial charge in [-0.2, -0.15) is 0 Å². The molecule has 0 saturated carbocycles. The Morgan fingerprint density at radius 2 is 1.35 bits per heavy atom. The fourth-order valence-corrected chi connectivity index (χ4v) is 3.73. The van der Waals surface area contributed by atoms with Crippen LogP contribution in [0.5, 0.6) is 0 Å². The first-order valence-electron chi connectivity index (χ1n) is 7.91. The van der Waals surface area contributed by atoms with Gasteiger partial charge in [0.25, 0.3) is 0 Å². The predicted molar refractivity (Wildman–Crippen MR) is 107 cm³/mol. The van der Waals surface area contributed by atoms with Gasteiger partial charge < -0.3 is 0 Å². The molecule has 23 heavy (non-hydrogen) atoms. The maximum absolute atomic E-state index is 2.34. The predicted octanol–water partition coefficient (Wildman–Crippen LogP) is 5.93. The van der Waals surface area contributed by atoms with E-state index in [4.69, 9.17) is 0 Å². The zero-order chi connectivity index (χ0) is 16.2. The van der Waals surface area contributed by atoms with Crippen LogP contribution in [0.15, 0.2) is 60.9 Å². The zero-order valence-corrected chi connectivity index (χ0v) is 15.8. The largest absolute Gasteiger partial charge is 0.353 e. The summed E-state index contributed by atoms with van der Waals surface area (Å²) >= 11 is 2.29. The van der Waals surface area contributed by atoms with E-state index in [0.29, 0.717) is 0 Å². The number of halogens is 1. The minimum absolute atomic E-state index is 0.181. The molecular formula is C21H19IN+. The quantitative estimate of drug-likeness (QED) is 0.249. The molecule has 0 atom stereocenters. The van der Waals surface area contributed by atoms with Crippen molar-refractivity contribution in [3.63, 3.8) is 0 Å². The second kappa shape index (κ2) is 5.17. The molecule has 0 aliphatic heterocycles. The monoisotopic (exact) mass is 412 g/mol. The molecule has 0 spiro atoms. The van der Waals surface area contributed by atoms with Gasteiger partial charge in [0.15, 0.2) is 12.4 Å². The first-order chi connectivity index (χ1) is 10.9. The minimum atomic E-state index is 0.181. The van der Waals surface area contributed by atoms with Gasteiger partial charge in [0.1, 0.15) is 0 Å². The van der Waals surface area contributed by atoms with Gasteiger partial charge in [0, 0.05) is 16.8 Å². The van der Waals surface area contributed by atoms with Crippen molar-refractivity contribution >= 4 is 55.2 Å². The lowest BCUT2D eigenvalue weighted by Crippen LogP contribution is -2.16. The SMILES string of the molecule is CC(C)(C)c1ccc2c(ccc3c4cc[n+](I)cc4ccc23)c1. The number of fused-ring (bicyclic) bond motifs is 5. The number of hydrogen-bond acceptors (Lipinski definition) is 0. The Morgan fingerprint density at radius 3 is 2.04 bits per heavy atom. The second-order valence-electron chi connectivity index (χ2n) is 7.20. The number of pyridine rings is 1. The molecule has 3 aromatic carbocycles. The van der Waals surface area contributed by atoms with E-state index in [9.17, 15) is 0 Å². The number of benzene rings is 3. The Labute approximate surface area is 150 Å². The highest BCUT2D eigenvalue weighted by molar-refractivity contribution is 14.1. The molecule has 0 aliphatic carbocycles. The number of hydrogen-bond donors (Lipinski definition) is 0. The van der Waals surface area contributed by atoms with Crippen molar-refractivity contribution in [3.8, 4) is 0 Å². The normalized spacial score (nSPS) is 12.3. The Hall–Kier alpha value is -1.68. The third kappa shape index (κ3) is 2.49. The molecule has 0 saturated heterocycles. The van der Waals surface area contributed by atoms with Crippen LogP contribution in [-0.2, 0) is 5.41 Å². The summed E-state index contributed by atoms with van der Waals surface area (Å²) < 4.78 is 2.07. The molecule has 1 aromatic heterocycles. The molecule has 0 bridgehead atoms. The third-order valence-corrected chi connectivity index (χ3v) is 5.20. The smallest absolute Gasteiger partial charge is 0.143 e. The van der Waals surface area contributed by atoms with E-state index in [0.717, 1.165) is 0 Å². The number of rotatable bonds is 0. The van der Waals surface area contributed by atoms with Crippen LogP contribution in [0.3, 0.4) is 0 Å². The standard InChI is InChI=1S/C21H19IN/c1-21(2,3)16-6-9-17-14(12-16)4-7-20-18-10-11-23(22)13-15(18)5-8-19(17)20/h4-13H,1-3H3/q+1. The van der Waals surface area contributed by atoms with Crippen molar-refractivity contribution in [1.29, 1.82) is 0 Å². The minimum Gasteiger partial charge on any atom is -0.143 e. The van der Waals surface area contributed by atoms with E-state index < -0.39 is 0 Å². The van der Waals surface area contributed by atoms with E-state index >= 15 is 0 Å². The molecule has 1 heterocycles. The van der Waals surface area contributed by atoms with Crippen molar-refractivity contribution in [2.45, 2.75) is 26.2 Å². The van der Waals surface area contributed by atoms with Crippen LogP contribution in [0.25, 0.3) is 32.3 Å². The summed E-state index contributed by atoms with van der Waals surface area (Å²) in [5, 5.41) is 7.92. The lowest BCUT2D eigenvalue weighted by atomic mass is 9.85. The lowest BCUT2D eigenvalue weighted by molar-refractivity contribution is -0.438. The van der Waals surface area contributed by atoms with Gasteiger partial charge in [-0.05, 0) is 38.6 Å². The van der Waals surface area contributed by atoms with Crippen LogP contribution < -0.4 is 2.78 Å². The van der Waals surface area contributed by atoms with Crippen molar-refractivity contribution in [2.24, 2.45) is 0 Å². The summed E-state index contributed by atoms with van der Waals surface area (Å²) in [5.74, 6) is 0. The molecule has 4 rings (SSSR count). The van der Waals surface area contributed by atoms with Crippen molar-refractivity contribution in [2.75, 3.05) is 0 Å². The second-order valence-corrected chi connectivity index (χ2v) is 8.32. The topological polar surface area (TPSA) is 3.88 Å². The molecule has 0 unspecified atom stereocenters. The van der Waals surface area contributed by atoms with E-state index in [-0.39, 0.29) is 5.41 Å². The van der Waals surface area contributed by atoms with Crippen LogP contribution in [0, 0.1) is 0 Å². The summed E-state index contributed by atoms with van der Waals surface area (Å²) in [4.78, 5) is 0. The van der Waals surface area contributed by atoms with Gasteiger partial charge >= 0.3 is 22.9 Å². The van der Waals surface area contributed by atoms with Crippen LogP contribution >= 0.6 is 22.9 Å². The molecule has 1 nitrogen and oxygen atoms in total. The van der Waals surface area contributed by atoms with Crippen molar-refractivity contribution < 1.29 is 2.78 Å². The van der Waals surface area contributed by atoms with Crippen molar-refractivity contribution in [1.82, 2.24) is 0 Å². The molecule has 0 amide bonds. The zero-order valence-electron chi connectivity index (χ0n) is 13.6. The van der Waals surface area contributed by atoms with Crippen LogP contribution in [0.4, 0.5) is 0 Å². The Kier molecular flexibility index (Phi) is 3.34. The summed E-state index contributed by atoms with van der Waals surface area (Å²) in [5.41, 5.74) is 1.57. The maximum Gasteiger partial charge on any atom is 0.353 e. The van der Waals surface area contributed by atoms with E-state index in [1.165, 1.54) is 37.9 Å². The number of nitrogens with zero attached hydrogens (tertiary/aromatic N) is 1. The van der Waals surface area contributed by atoms with Gasteiger partial charge in [0.05, 0.1) is 0 Å². The summed E-state index contributed by atoms with van der Waals surface area (Å²) in [6.45, 7) is 6.80. The molecule has 114 valence electrons. The average molecular weight is 412 g/mol. The van der Waals surface area contributed by atoms with Gasteiger partial charge in [-0.25, -0.2) is 0 Å². The summed E-state index contributed by atoms with van der Waals surface area (Å²) in [6, 6.07) is 18.1. The molecule has 0 aliphatic rings. The molecule has 0 radical (unpaired) electrons. The Bertz CT molecular complexity index is 1060. The van der Waals surface area contributed by atoms with E-state index in [2.05, 4.69) is 107 Å². The molecule has 4 aromatic rings. The molecule has 0 N–H and O–H groups in total. The third-order valence-electron chi connectivity index (χ3n) is 4.60. The van der Waals surface area contributed by atoms with Crippen molar-refractivity contribution in [3.05, 3.63) is 66.5 Å². The first kappa shape index (κ1) is 14.9. The lowest BCUT2D eigenvalue weighted by Gasteiger charge is -2.19.